The number of nitrogens with zero attached hydrogens (tertiary/aromatic N) is 1. The first-order valence-corrected chi connectivity index (χ1v) is 9.15. The second kappa shape index (κ2) is 9.04. The van der Waals surface area contributed by atoms with Crippen LogP contribution in [0.3, 0.4) is 0 Å². The first kappa shape index (κ1) is 20.5. The summed E-state index contributed by atoms with van der Waals surface area (Å²) in [4.78, 5) is 38.2. The molecule has 0 heterocycles. The normalized spacial score (nSPS) is 21.0. The molecule has 1 fully saturated rings. The molecule has 4 amide bonds. The van der Waals surface area contributed by atoms with Crippen LogP contribution in [0.5, 0.6) is 0 Å². The highest BCUT2D eigenvalue weighted by molar-refractivity contribution is 5.97. The van der Waals surface area contributed by atoms with E-state index in [9.17, 15) is 14.4 Å². The average Bonchev–Trinajstić information content (AvgIpc) is 2.56. The molecule has 2 N–H and O–H groups in total. The Morgan fingerprint density at radius 3 is 2.00 bits per heavy atom. The van der Waals surface area contributed by atoms with Crippen molar-refractivity contribution in [2.24, 2.45) is 11.3 Å². The Kier molecular flexibility index (Phi) is 7.70. The SMILES string of the molecule is CCN(CC)C(=O)C1CCC(NC(=O)NC(=O)C(C)(C)CC)CC1. The molecule has 0 radical (unpaired) electrons. The number of urea groups is 1. The molecule has 6 heteroatoms. The average molecular weight is 339 g/mol. The number of nitrogens with one attached hydrogen (secondary N) is 2. The molecule has 1 aliphatic rings. The van der Waals surface area contributed by atoms with Crippen LogP contribution in [0.1, 0.15) is 66.7 Å². The van der Waals surface area contributed by atoms with Crippen molar-refractivity contribution in [3.05, 3.63) is 0 Å². The summed E-state index contributed by atoms with van der Waals surface area (Å²) >= 11 is 0. The van der Waals surface area contributed by atoms with Gasteiger partial charge in [0.1, 0.15) is 0 Å². The summed E-state index contributed by atoms with van der Waals surface area (Å²) in [5.41, 5.74) is -0.550. The van der Waals surface area contributed by atoms with E-state index in [0.29, 0.717) is 6.42 Å². The fourth-order valence-corrected chi connectivity index (χ4v) is 2.93. The van der Waals surface area contributed by atoms with Gasteiger partial charge in [0.25, 0.3) is 0 Å². The molecule has 0 unspecified atom stereocenters. The summed E-state index contributed by atoms with van der Waals surface area (Å²) in [7, 11) is 0. The molecule has 0 aromatic heterocycles. The Bertz CT molecular complexity index is 450. The highest BCUT2D eigenvalue weighted by atomic mass is 16.2. The number of imide groups is 1. The predicted molar refractivity (Wildman–Crippen MR) is 94.4 cm³/mol. The predicted octanol–water partition coefficient (Wildman–Crippen LogP) is 2.68. The number of hydrogen-bond acceptors (Lipinski definition) is 3. The summed E-state index contributed by atoms with van der Waals surface area (Å²) in [6, 6.07) is -0.400. The van der Waals surface area contributed by atoms with Gasteiger partial charge in [-0.1, -0.05) is 20.8 Å². The van der Waals surface area contributed by atoms with Crippen molar-refractivity contribution < 1.29 is 14.4 Å². The van der Waals surface area contributed by atoms with Gasteiger partial charge in [0.15, 0.2) is 0 Å². The molecule has 6 nitrogen and oxygen atoms in total. The van der Waals surface area contributed by atoms with E-state index >= 15 is 0 Å². The van der Waals surface area contributed by atoms with Crippen LogP contribution in [0.15, 0.2) is 0 Å². The molecule has 0 bridgehead atoms. The highest BCUT2D eigenvalue weighted by Gasteiger charge is 2.31. The molecule has 0 atom stereocenters. The lowest BCUT2D eigenvalue weighted by molar-refractivity contribution is -0.136. The van der Waals surface area contributed by atoms with Gasteiger partial charge in [0.05, 0.1) is 0 Å². The van der Waals surface area contributed by atoms with Crippen molar-refractivity contribution in [3.63, 3.8) is 0 Å². The molecule has 0 aromatic carbocycles. The number of hydrogen-bond donors (Lipinski definition) is 2. The monoisotopic (exact) mass is 339 g/mol. The van der Waals surface area contributed by atoms with E-state index in [1.165, 1.54) is 0 Å². The van der Waals surface area contributed by atoms with Crippen LogP contribution in [0.2, 0.25) is 0 Å². The summed E-state index contributed by atoms with van der Waals surface area (Å²) in [6.45, 7) is 11.0. The zero-order valence-electron chi connectivity index (χ0n) is 15.8. The van der Waals surface area contributed by atoms with E-state index in [4.69, 9.17) is 0 Å². The third-order valence-electron chi connectivity index (χ3n) is 5.21. The fraction of sp³-hybridized carbons (Fsp3) is 0.833. The smallest absolute Gasteiger partial charge is 0.321 e. The molecule has 0 saturated heterocycles. The largest absolute Gasteiger partial charge is 0.343 e. The van der Waals surface area contributed by atoms with Gasteiger partial charge in [-0.05, 0) is 46.0 Å². The fourth-order valence-electron chi connectivity index (χ4n) is 2.93. The van der Waals surface area contributed by atoms with E-state index in [0.717, 1.165) is 38.8 Å². The maximum Gasteiger partial charge on any atom is 0.321 e. The third-order valence-corrected chi connectivity index (χ3v) is 5.21. The molecule has 1 aliphatic carbocycles. The number of amides is 4. The van der Waals surface area contributed by atoms with Crippen molar-refractivity contribution in [2.45, 2.75) is 72.8 Å². The number of rotatable bonds is 6. The maximum atomic E-state index is 12.4. The van der Waals surface area contributed by atoms with E-state index in [1.807, 2.05) is 39.5 Å². The summed E-state index contributed by atoms with van der Waals surface area (Å²) < 4.78 is 0. The zero-order chi connectivity index (χ0) is 18.3. The molecule has 24 heavy (non-hydrogen) atoms. The first-order valence-electron chi connectivity index (χ1n) is 9.15. The van der Waals surface area contributed by atoms with E-state index < -0.39 is 11.4 Å². The lowest BCUT2D eigenvalue weighted by Crippen LogP contribution is -2.49. The molecule has 0 spiro atoms. The van der Waals surface area contributed by atoms with Gasteiger partial charge in [0.2, 0.25) is 11.8 Å². The maximum absolute atomic E-state index is 12.4. The van der Waals surface area contributed by atoms with Crippen molar-refractivity contribution >= 4 is 17.8 Å². The Labute approximate surface area is 145 Å². The van der Waals surface area contributed by atoms with E-state index in [2.05, 4.69) is 10.6 Å². The lowest BCUT2D eigenvalue weighted by atomic mass is 9.85. The topological polar surface area (TPSA) is 78.5 Å². The lowest BCUT2D eigenvalue weighted by Gasteiger charge is -2.31. The summed E-state index contributed by atoms with van der Waals surface area (Å²) in [6.07, 6.45) is 3.79. The van der Waals surface area contributed by atoms with Gasteiger partial charge < -0.3 is 10.2 Å². The van der Waals surface area contributed by atoms with Gasteiger partial charge in [0, 0.05) is 30.5 Å². The Morgan fingerprint density at radius 2 is 1.54 bits per heavy atom. The Morgan fingerprint density at radius 1 is 1.00 bits per heavy atom. The van der Waals surface area contributed by atoms with Crippen LogP contribution in [-0.2, 0) is 9.59 Å². The highest BCUT2D eigenvalue weighted by Crippen LogP contribution is 2.26. The van der Waals surface area contributed by atoms with Gasteiger partial charge in [-0.25, -0.2) is 4.79 Å². The van der Waals surface area contributed by atoms with Crippen molar-refractivity contribution in [3.8, 4) is 0 Å². The van der Waals surface area contributed by atoms with Crippen molar-refractivity contribution in [2.75, 3.05) is 13.1 Å². The molecule has 1 rings (SSSR count). The van der Waals surface area contributed by atoms with Crippen molar-refractivity contribution in [1.82, 2.24) is 15.5 Å². The zero-order valence-corrected chi connectivity index (χ0v) is 15.8. The van der Waals surface area contributed by atoms with Crippen LogP contribution < -0.4 is 10.6 Å². The number of carbonyl (C=O) groups is 3. The molecule has 0 aromatic rings. The summed E-state index contributed by atoms with van der Waals surface area (Å²) in [5, 5.41) is 5.29. The van der Waals surface area contributed by atoms with Gasteiger partial charge in [-0.15, -0.1) is 0 Å². The van der Waals surface area contributed by atoms with Crippen LogP contribution >= 0.6 is 0 Å². The van der Waals surface area contributed by atoms with Crippen LogP contribution in [0.25, 0.3) is 0 Å². The third kappa shape index (κ3) is 5.49. The Balaban J connectivity index is 2.42. The van der Waals surface area contributed by atoms with Crippen LogP contribution in [0.4, 0.5) is 4.79 Å². The summed E-state index contributed by atoms with van der Waals surface area (Å²) in [5.74, 6) is 0.0299. The second-order valence-electron chi connectivity index (χ2n) is 7.22. The van der Waals surface area contributed by atoms with Gasteiger partial charge in [-0.2, -0.15) is 0 Å². The van der Waals surface area contributed by atoms with Gasteiger partial charge >= 0.3 is 6.03 Å². The minimum absolute atomic E-state index is 0.0308. The van der Waals surface area contributed by atoms with E-state index in [-0.39, 0.29) is 23.8 Å². The molecule has 0 aliphatic heterocycles. The Hall–Kier alpha value is -1.59. The van der Waals surface area contributed by atoms with Crippen LogP contribution in [-0.4, -0.2) is 41.9 Å². The molecule has 138 valence electrons. The van der Waals surface area contributed by atoms with Crippen molar-refractivity contribution in [1.29, 1.82) is 0 Å². The minimum Gasteiger partial charge on any atom is -0.343 e. The molecular formula is C18H33N3O3. The first-order chi connectivity index (χ1) is 11.2. The van der Waals surface area contributed by atoms with Gasteiger partial charge in [-0.3, -0.25) is 14.9 Å². The minimum atomic E-state index is -0.550. The standard InChI is InChI=1S/C18H33N3O3/c1-6-18(4,5)16(23)20-17(24)19-14-11-9-13(10-12-14)15(22)21(7-2)8-3/h13-14H,6-12H2,1-5H3,(H2,19,20,23,24). The second-order valence-corrected chi connectivity index (χ2v) is 7.22. The molecule has 1 saturated carbocycles. The number of carbonyl (C=O) groups excluding carboxylic acids is 3. The van der Waals surface area contributed by atoms with Crippen LogP contribution in [0, 0.1) is 11.3 Å². The quantitative estimate of drug-likeness (QED) is 0.781. The van der Waals surface area contributed by atoms with E-state index in [1.54, 1.807) is 0 Å². The molecular weight excluding hydrogens is 306 g/mol.